The minimum absolute atomic E-state index is 0.106. The first-order valence-electron chi connectivity index (χ1n) is 7.62. The van der Waals surface area contributed by atoms with Crippen molar-refractivity contribution in [2.75, 3.05) is 19.8 Å². The quantitative estimate of drug-likeness (QED) is 0.647. The van der Waals surface area contributed by atoms with Crippen molar-refractivity contribution in [2.45, 2.75) is 52.9 Å². The lowest BCUT2D eigenvalue weighted by atomic mass is 10.2. The molecule has 0 aliphatic heterocycles. The minimum Gasteiger partial charge on any atom is -0.489 e. The molecule has 0 spiro atoms. The number of nitrogens with zero attached hydrogens (tertiary/aromatic N) is 1. The molecule has 5 heteroatoms. The number of aromatic nitrogens is 1. The molecule has 0 bridgehead atoms. The Morgan fingerprint density at radius 2 is 2.05 bits per heavy atom. The average Bonchev–Trinajstić information content (AvgIpc) is 2.44. The molecule has 1 heterocycles. The van der Waals surface area contributed by atoms with E-state index in [0.29, 0.717) is 12.3 Å². The molecule has 0 amide bonds. The Bertz CT molecular complexity index is 411. The number of nitrogens with one attached hydrogen (secondary N) is 1. The number of hydrogen-bond donors (Lipinski definition) is 2. The Labute approximate surface area is 127 Å². The number of aliphatic hydroxyl groups is 1. The highest BCUT2D eigenvalue weighted by molar-refractivity contribution is 5.29. The van der Waals surface area contributed by atoms with Crippen molar-refractivity contribution in [2.24, 2.45) is 0 Å². The second kappa shape index (κ2) is 9.71. The van der Waals surface area contributed by atoms with Crippen molar-refractivity contribution < 1.29 is 14.6 Å². The molecule has 0 aromatic carbocycles. The molecule has 0 radical (unpaired) electrons. The van der Waals surface area contributed by atoms with Crippen LogP contribution in [0.25, 0.3) is 0 Å². The van der Waals surface area contributed by atoms with Gasteiger partial charge >= 0.3 is 0 Å². The summed E-state index contributed by atoms with van der Waals surface area (Å²) in [5.41, 5.74) is 1.83. The van der Waals surface area contributed by atoms with Gasteiger partial charge in [0.2, 0.25) is 0 Å². The molecule has 0 aliphatic carbocycles. The predicted octanol–water partition coefficient (Wildman–Crippen LogP) is 2.05. The zero-order valence-corrected chi connectivity index (χ0v) is 13.6. The number of rotatable bonds is 10. The molecule has 1 aromatic rings. The third-order valence-electron chi connectivity index (χ3n) is 2.84. The second-order valence-corrected chi connectivity index (χ2v) is 5.42. The predicted molar refractivity (Wildman–Crippen MR) is 83.6 cm³/mol. The standard InChI is InChI=1S/C16H28N2O3/c1-5-8-17-9-15-16(7-6-13(4)18-15)21-11-14(19)10-20-12(2)3/h6-7,12,14,17,19H,5,8-11H2,1-4H3. The van der Waals surface area contributed by atoms with Crippen LogP contribution in [0.3, 0.4) is 0 Å². The summed E-state index contributed by atoms with van der Waals surface area (Å²) >= 11 is 0. The molecule has 1 aromatic heterocycles. The van der Waals surface area contributed by atoms with Crippen LogP contribution in [0.2, 0.25) is 0 Å². The molecule has 5 nitrogen and oxygen atoms in total. The van der Waals surface area contributed by atoms with E-state index in [0.717, 1.165) is 24.4 Å². The molecular formula is C16H28N2O3. The van der Waals surface area contributed by atoms with E-state index in [1.165, 1.54) is 0 Å². The van der Waals surface area contributed by atoms with E-state index in [4.69, 9.17) is 9.47 Å². The van der Waals surface area contributed by atoms with Gasteiger partial charge in [-0.1, -0.05) is 6.92 Å². The van der Waals surface area contributed by atoms with Crippen LogP contribution in [-0.4, -0.2) is 42.1 Å². The van der Waals surface area contributed by atoms with E-state index in [1.54, 1.807) is 0 Å². The Kier molecular flexibility index (Phi) is 8.27. The summed E-state index contributed by atoms with van der Waals surface area (Å²) in [4.78, 5) is 4.50. The number of aliphatic hydroxyl groups excluding tert-OH is 1. The normalized spacial score (nSPS) is 12.7. The Balaban J connectivity index is 2.52. The molecule has 2 N–H and O–H groups in total. The van der Waals surface area contributed by atoms with Gasteiger partial charge in [-0.05, 0) is 45.9 Å². The van der Waals surface area contributed by atoms with Crippen molar-refractivity contribution in [3.8, 4) is 5.75 Å². The first-order valence-corrected chi connectivity index (χ1v) is 7.62. The summed E-state index contributed by atoms with van der Waals surface area (Å²) in [6.07, 6.45) is 0.549. The first-order chi connectivity index (χ1) is 10.0. The summed E-state index contributed by atoms with van der Waals surface area (Å²) < 4.78 is 11.0. The lowest BCUT2D eigenvalue weighted by Gasteiger charge is -2.16. The summed E-state index contributed by atoms with van der Waals surface area (Å²) in [5, 5.41) is 13.1. The van der Waals surface area contributed by atoms with Gasteiger partial charge in [-0.15, -0.1) is 0 Å². The third kappa shape index (κ3) is 7.41. The number of ether oxygens (including phenoxy) is 2. The zero-order chi connectivity index (χ0) is 15.7. The SMILES string of the molecule is CCCNCc1nc(C)ccc1OCC(O)COC(C)C. The highest BCUT2D eigenvalue weighted by Crippen LogP contribution is 2.17. The monoisotopic (exact) mass is 296 g/mol. The van der Waals surface area contributed by atoms with E-state index in [9.17, 15) is 5.11 Å². The molecule has 120 valence electrons. The van der Waals surface area contributed by atoms with Crippen LogP contribution in [-0.2, 0) is 11.3 Å². The number of aryl methyl sites for hydroxylation is 1. The Hall–Kier alpha value is -1.17. The van der Waals surface area contributed by atoms with Gasteiger partial charge in [0, 0.05) is 12.2 Å². The Morgan fingerprint density at radius 3 is 2.71 bits per heavy atom. The fourth-order valence-electron chi connectivity index (χ4n) is 1.78. The Morgan fingerprint density at radius 1 is 1.29 bits per heavy atom. The van der Waals surface area contributed by atoms with Gasteiger partial charge in [0.25, 0.3) is 0 Å². The minimum atomic E-state index is -0.634. The second-order valence-electron chi connectivity index (χ2n) is 5.42. The van der Waals surface area contributed by atoms with Crippen molar-refractivity contribution in [3.63, 3.8) is 0 Å². The van der Waals surface area contributed by atoms with Crippen LogP contribution in [0.4, 0.5) is 0 Å². The van der Waals surface area contributed by atoms with E-state index < -0.39 is 6.10 Å². The highest BCUT2D eigenvalue weighted by atomic mass is 16.5. The maximum absolute atomic E-state index is 9.83. The number of hydrogen-bond acceptors (Lipinski definition) is 5. The smallest absolute Gasteiger partial charge is 0.142 e. The van der Waals surface area contributed by atoms with Gasteiger partial charge in [-0.2, -0.15) is 0 Å². The van der Waals surface area contributed by atoms with Gasteiger partial charge in [-0.25, -0.2) is 0 Å². The maximum Gasteiger partial charge on any atom is 0.142 e. The maximum atomic E-state index is 9.83. The summed E-state index contributed by atoms with van der Waals surface area (Å²) in [6, 6.07) is 3.82. The van der Waals surface area contributed by atoms with Crippen LogP contribution in [0.1, 0.15) is 38.6 Å². The largest absolute Gasteiger partial charge is 0.489 e. The first kappa shape index (κ1) is 17.9. The molecule has 0 saturated heterocycles. The summed E-state index contributed by atoms with van der Waals surface area (Å²) in [6.45, 7) is 10.1. The van der Waals surface area contributed by atoms with Crippen molar-refractivity contribution in [1.29, 1.82) is 0 Å². The van der Waals surface area contributed by atoms with E-state index in [1.807, 2.05) is 32.9 Å². The lowest BCUT2D eigenvalue weighted by Crippen LogP contribution is -2.26. The zero-order valence-electron chi connectivity index (χ0n) is 13.6. The summed E-state index contributed by atoms with van der Waals surface area (Å²) in [7, 11) is 0. The van der Waals surface area contributed by atoms with Crippen LogP contribution in [0, 0.1) is 6.92 Å². The molecule has 1 rings (SSSR count). The van der Waals surface area contributed by atoms with Gasteiger partial charge in [0.1, 0.15) is 18.5 Å². The lowest BCUT2D eigenvalue weighted by molar-refractivity contribution is -0.0124. The molecule has 21 heavy (non-hydrogen) atoms. The van der Waals surface area contributed by atoms with E-state index >= 15 is 0 Å². The van der Waals surface area contributed by atoms with Crippen LogP contribution in [0.5, 0.6) is 5.75 Å². The highest BCUT2D eigenvalue weighted by Gasteiger charge is 2.10. The van der Waals surface area contributed by atoms with Gasteiger partial charge in [0.15, 0.2) is 0 Å². The third-order valence-corrected chi connectivity index (χ3v) is 2.84. The average molecular weight is 296 g/mol. The van der Waals surface area contributed by atoms with Crippen LogP contribution in [0.15, 0.2) is 12.1 Å². The topological polar surface area (TPSA) is 63.6 Å². The fourth-order valence-corrected chi connectivity index (χ4v) is 1.78. The molecule has 1 atom stereocenters. The summed E-state index contributed by atoms with van der Waals surface area (Å²) in [5.74, 6) is 0.716. The van der Waals surface area contributed by atoms with Gasteiger partial charge in [0.05, 0.1) is 18.4 Å². The van der Waals surface area contributed by atoms with E-state index in [2.05, 4.69) is 17.2 Å². The fraction of sp³-hybridized carbons (Fsp3) is 0.688. The van der Waals surface area contributed by atoms with Crippen LogP contribution < -0.4 is 10.1 Å². The molecule has 0 fully saturated rings. The van der Waals surface area contributed by atoms with Gasteiger partial charge in [-0.3, -0.25) is 4.98 Å². The number of pyridine rings is 1. The van der Waals surface area contributed by atoms with E-state index in [-0.39, 0.29) is 19.3 Å². The molecular weight excluding hydrogens is 268 g/mol. The van der Waals surface area contributed by atoms with Crippen molar-refractivity contribution in [3.05, 3.63) is 23.5 Å². The molecule has 0 aliphatic rings. The molecule has 0 saturated carbocycles. The van der Waals surface area contributed by atoms with Crippen molar-refractivity contribution >= 4 is 0 Å². The van der Waals surface area contributed by atoms with Gasteiger partial charge < -0.3 is 19.9 Å². The van der Waals surface area contributed by atoms with Crippen LogP contribution >= 0.6 is 0 Å². The van der Waals surface area contributed by atoms with Crippen molar-refractivity contribution in [1.82, 2.24) is 10.3 Å². The molecule has 1 unspecified atom stereocenters.